The Hall–Kier alpha value is -1.68. The summed E-state index contributed by atoms with van der Waals surface area (Å²) in [6.07, 6.45) is 5.98. The molecule has 0 saturated heterocycles. The molecule has 2 heterocycles. The minimum atomic E-state index is 0.507. The van der Waals surface area contributed by atoms with Crippen LogP contribution >= 0.6 is 11.6 Å². The monoisotopic (exact) mass is 288 g/mol. The number of rotatable bonds is 5. The molecule has 0 aliphatic heterocycles. The van der Waals surface area contributed by atoms with E-state index in [9.17, 15) is 0 Å². The molecule has 0 unspecified atom stereocenters. The second-order valence-corrected chi connectivity index (χ2v) is 5.44. The number of hydrogen-bond donors (Lipinski definition) is 0. The van der Waals surface area contributed by atoms with E-state index in [-0.39, 0.29) is 0 Å². The van der Waals surface area contributed by atoms with Crippen LogP contribution in [0.1, 0.15) is 37.1 Å². The number of halogens is 1. The van der Waals surface area contributed by atoms with Gasteiger partial charge in [0.2, 0.25) is 0 Å². The van der Waals surface area contributed by atoms with Crippen LogP contribution in [0.3, 0.4) is 0 Å². The van der Waals surface area contributed by atoms with Crippen molar-refractivity contribution < 1.29 is 0 Å². The Morgan fingerprint density at radius 2 is 2.00 bits per heavy atom. The van der Waals surface area contributed by atoms with Gasteiger partial charge in [-0.05, 0) is 37.5 Å². The molecule has 1 saturated carbocycles. The lowest BCUT2D eigenvalue weighted by molar-refractivity contribution is 0.793. The minimum absolute atomic E-state index is 0.507. The fourth-order valence-electron chi connectivity index (χ4n) is 2.17. The molecule has 20 heavy (non-hydrogen) atoms. The van der Waals surface area contributed by atoms with E-state index in [1.54, 1.807) is 0 Å². The standard InChI is InChI=1S/C15H17ClN4/c1-2-20(10-11-5-7-17-8-6-11)14-9-13(16)18-15(19-14)12-3-4-12/h5-9,12H,2-4,10H2,1H3. The molecular formula is C15H17ClN4. The molecule has 104 valence electrons. The molecule has 4 nitrogen and oxygen atoms in total. The van der Waals surface area contributed by atoms with Crippen LogP contribution in [0, 0.1) is 0 Å². The molecule has 2 aromatic rings. The first kappa shape index (κ1) is 13.3. The third-order valence-electron chi connectivity index (χ3n) is 3.47. The molecule has 1 aliphatic carbocycles. The van der Waals surface area contributed by atoms with E-state index in [0.717, 1.165) is 24.7 Å². The maximum Gasteiger partial charge on any atom is 0.135 e. The fraction of sp³-hybridized carbons (Fsp3) is 0.400. The highest BCUT2D eigenvalue weighted by Crippen LogP contribution is 2.39. The predicted octanol–water partition coefficient (Wildman–Crippen LogP) is 3.43. The van der Waals surface area contributed by atoms with E-state index in [1.807, 2.05) is 30.6 Å². The first-order valence-corrected chi connectivity index (χ1v) is 7.32. The lowest BCUT2D eigenvalue weighted by Gasteiger charge is -2.22. The Morgan fingerprint density at radius 1 is 1.25 bits per heavy atom. The second-order valence-electron chi connectivity index (χ2n) is 5.05. The van der Waals surface area contributed by atoms with Gasteiger partial charge < -0.3 is 4.90 Å². The van der Waals surface area contributed by atoms with Crippen molar-refractivity contribution in [2.45, 2.75) is 32.2 Å². The maximum absolute atomic E-state index is 6.14. The van der Waals surface area contributed by atoms with E-state index in [2.05, 4.69) is 26.8 Å². The molecule has 1 fully saturated rings. The van der Waals surface area contributed by atoms with Crippen molar-refractivity contribution >= 4 is 17.4 Å². The van der Waals surface area contributed by atoms with E-state index >= 15 is 0 Å². The lowest BCUT2D eigenvalue weighted by Crippen LogP contribution is -2.23. The summed E-state index contributed by atoms with van der Waals surface area (Å²) in [6.45, 7) is 3.80. The van der Waals surface area contributed by atoms with E-state index in [4.69, 9.17) is 11.6 Å². The summed E-state index contributed by atoms with van der Waals surface area (Å²) in [4.78, 5) is 15.3. The molecule has 0 amide bonds. The van der Waals surface area contributed by atoms with Gasteiger partial charge in [0.15, 0.2) is 0 Å². The van der Waals surface area contributed by atoms with Crippen molar-refractivity contribution in [1.29, 1.82) is 0 Å². The summed E-state index contributed by atoms with van der Waals surface area (Å²) >= 11 is 6.14. The van der Waals surface area contributed by atoms with Gasteiger partial charge in [-0.25, -0.2) is 9.97 Å². The SMILES string of the molecule is CCN(Cc1ccncc1)c1cc(Cl)nc(C2CC2)n1. The number of aromatic nitrogens is 3. The van der Waals surface area contributed by atoms with Gasteiger partial charge >= 0.3 is 0 Å². The zero-order chi connectivity index (χ0) is 13.9. The number of hydrogen-bond acceptors (Lipinski definition) is 4. The van der Waals surface area contributed by atoms with Gasteiger partial charge in [0.25, 0.3) is 0 Å². The van der Waals surface area contributed by atoms with Crippen LogP contribution in [0.5, 0.6) is 0 Å². The molecule has 0 aromatic carbocycles. The molecular weight excluding hydrogens is 272 g/mol. The highest BCUT2D eigenvalue weighted by molar-refractivity contribution is 6.29. The normalized spacial score (nSPS) is 14.3. The van der Waals surface area contributed by atoms with Crippen molar-refractivity contribution in [2.75, 3.05) is 11.4 Å². The first-order valence-electron chi connectivity index (χ1n) is 6.94. The third kappa shape index (κ3) is 3.07. The van der Waals surface area contributed by atoms with Crippen molar-refractivity contribution in [3.8, 4) is 0 Å². The summed E-state index contributed by atoms with van der Waals surface area (Å²) < 4.78 is 0. The van der Waals surface area contributed by atoms with Gasteiger partial charge in [0.05, 0.1) is 0 Å². The molecule has 0 radical (unpaired) electrons. The molecule has 2 aromatic heterocycles. The van der Waals surface area contributed by atoms with Crippen LogP contribution in [0.15, 0.2) is 30.6 Å². The van der Waals surface area contributed by atoms with Gasteiger partial charge in [0.1, 0.15) is 16.8 Å². The summed E-state index contributed by atoms with van der Waals surface area (Å²) in [7, 11) is 0. The van der Waals surface area contributed by atoms with Gasteiger partial charge in [-0.1, -0.05) is 11.6 Å². The molecule has 3 rings (SSSR count). The summed E-state index contributed by atoms with van der Waals surface area (Å²) in [6, 6.07) is 5.89. The Kier molecular flexibility index (Phi) is 3.83. The molecule has 0 spiro atoms. The van der Waals surface area contributed by atoms with Crippen molar-refractivity contribution in [3.63, 3.8) is 0 Å². The second kappa shape index (κ2) is 5.75. The Labute approximate surface area is 123 Å². The summed E-state index contributed by atoms with van der Waals surface area (Å²) in [5.74, 6) is 2.30. The maximum atomic E-state index is 6.14. The molecule has 0 atom stereocenters. The van der Waals surface area contributed by atoms with E-state index in [1.165, 1.54) is 18.4 Å². The Morgan fingerprint density at radius 3 is 2.65 bits per heavy atom. The van der Waals surface area contributed by atoms with Crippen LogP contribution in [0.2, 0.25) is 5.15 Å². The van der Waals surface area contributed by atoms with Crippen molar-refractivity contribution in [1.82, 2.24) is 15.0 Å². The molecule has 0 N–H and O–H groups in total. The topological polar surface area (TPSA) is 41.9 Å². The number of pyridine rings is 1. The van der Waals surface area contributed by atoms with Crippen LogP contribution in [-0.2, 0) is 6.54 Å². The molecule has 0 bridgehead atoms. The zero-order valence-electron chi connectivity index (χ0n) is 11.5. The highest BCUT2D eigenvalue weighted by Gasteiger charge is 2.27. The van der Waals surface area contributed by atoms with Gasteiger partial charge in [-0.3, -0.25) is 4.98 Å². The zero-order valence-corrected chi connectivity index (χ0v) is 12.2. The number of anilines is 1. The minimum Gasteiger partial charge on any atom is -0.352 e. The summed E-state index contributed by atoms with van der Waals surface area (Å²) in [5, 5.41) is 0.532. The fourth-order valence-corrected chi connectivity index (χ4v) is 2.36. The van der Waals surface area contributed by atoms with E-state index < -0.39 is 0 Å². The molecule has 1 aliphatic rings. The van der Waals surface area contributed by atoms with Crippen LogP contribution in [0.25, 0.3) is 0 Å². The number of nitrogens with zero attached hydrogens (tertiary/aromatic N) is 4. The van der Waals surface area contributed by atoms with Crippen LogP contribution in [0.4, 0.5) is 5.82 Å². The first-order chi connectivity index (χ1) is 9.76. The van der Waals surface area contributed by atoms with E-state index in [0.29, 0.717) is 11.1 Å². The largest absolute Gasteiger partial charge is 0.352 e. The summed E-state index contributed by atoms with van der Waals surface area (Å²) in [5.41, 5.74) is 1.21. The van der Waals surface area contributed by atoms with Gasteiger partial charge in [-0.2, -0.15) is 0 Å². The van der Waals surface area contributed by atoms with Gasteiger partial charge in [0, 0.05) is 37.5 Å². The Bertz CT molecular complexity index is 584. The van der Waals surface area contributed by atoms with Crippen molar-refractivity contribution in [2.24, 2.45) is 0 Å². The van der Waals surface area contributed by atoms with Crippen molar-refractivity contribution in [3.05, 3.63) is 47.1 Å². The highest BCUT2D eigenvalue weighted by atomic mass is 35.5. The molecule has 5 heteroatoms. The lowest BCUT2D eigenvalue weighted by atomic mass is 10.2. The van der Waals surface area contributed by atoms with Crippen LogP contribution < -0.4 is 4.90 Å². The van der Waals surface area contributed by atoms with Gasteiger partial charge in [-0.15, -0.1) is 0 Å². The van der Waals surface area contributed by atoms with Crippen LogP contribution in [-0.4, -0.2) is 21.5 Å². The quantitative estimate of drug-likeness (QED) is 0.791. The average molecular weight is 289 g/mol. The smallest absolute Gasteiger partial charge is 0.135 e. The average Bonchev–Trinajstić information content (AvgIpc) is 3.30. The Balaban J connectivity index is 1.85. The third-order valence-corrected chi connectivity index (χ3v) is 3.66. The predicted molar refractivity (Wildman–Crippen MR) is 80.0 cm³/mol.